The molecule has 0 saturated heterocycles. The highest BCUT2D eigenvalue weighted by Crippen LogP contribution is 2.66. The second kappa shape index (κ2) is 14.7. The maximum absolute atomic E-state index is 2.70. The first-order chi connectivity index (χ1) is 37.3. The van der Waals surface area contributed by atoms with Gasteiger partial charge >= 0.3 is 0 Å². The third-order valence-corrected chi connectivity index (χ3v) is 18.5. The Hall–Kier alpha value is -8.92. The van der Waals surface area contributed by atoms with Crippen LogP contribution in [0.1, 0.15) is 76.4 Å². The number of hydrogen-bond donors (Lipinski definition) is 0. The van der Waals surface area contributed by atoms with Crippen molar-refractivity contribution in [1.29, 1.82) is 0 Å². The minimum Gasteiger partial charge on any atom is -0.311 e. The summed E-state index contributed by atoms with van der Waals surface area (Å²) in [6.45, 7) is 9.15. The summed E-state index contributed by atoms with van der Waals surface area (Å²) < 4.78 is 0. The molecule has 11 aromatic carbocycles. The first kappa shape index (κ1) is 42.4. The fourth-order valence-electron chi connectivity index (χ4n) is 15.4. The van der Waals surface area contributed by atoms with Gasteiger partial charge in [0.15, 0.2) is 0 Å². The molecule has 0 unspecified atom stereocenters. The Labute approximate surface area is 445 Å². The van der Waals surface area contributed by atoms with Gasteiger partial charge in [-0.2, -0.15) is 0 Å². The maximum Gasteiger partial charge on any atom is 0.252 e. The third-order valence-electron chi connectivity index (χ3n) is 18.5. The van der Waals surface area contributed by atoms with Gasteiger partial charge in [-0.05, 0) is 172 Å². The lowest BCUT2D eigenvalue weighted by Gasteiger charge is -2.45. The highest BCUT2D eigenvalue weighted by molar-refractivity contribution is 7.00. The van der Waals surface area contributed by atoms with Crippen molar-refractivity contribution in [3.8, 4) is 44.5 Å². The van der Waals surface area contributed by atoms with Crippen molar-refractivity contribution in [2.75, 3.05) is 9.80 Å². The quantitative estimate of drug-likeness (QED) is 0.159. The largest absolute Gasteiger partial charge is 0.311 e. The van der Waals surface area contributed by atoms with Crippen LogP contribution in [0.2, 0.25) is 0 Å². The molecule has 0 saturated carbocycles. The van der Waals surface area contributed by atoms with Crippen molar-refractivity contribution >= 4 is 57.2 Å². The lowest BCUT2D eigenvalue weighted by atomic mass is 9.33. The van der Waals surface area contributed by atoms with Gasteiger partial charge < -0.3 is 9.80 Å². The molecule has 11 aromatic rings. The predicted molar refractivity (Wildman–Crippen MR) is 316 cm³/mol. The van der Waals surface area contributed by atoms with E-state index < -0.39 is 10.8 Å². The molecular formula is C73H51BN2. The zero-order valence-electron chi connectivity index (χ0n) is 43.0. The standard InChI is InChI=1S/C73H51BN2/c1-44-33-36-47(37-34-44)76-67-32-18-31-66-70(67)74(65-43-63-55(41-69(65)76)53-38-35-45(71(2,3)4)39-61(53)73(63)58-28-15-10-23-50(58)51-24-11-16-29-59(51)73)64-42-62-54(40-68(64)75(66)46-19-6-5-7-20-46)52-25-12-17-30-60(52)72(62)56-26-13-8-21-48(56)49-22-9-14-27-57(49)72/h5-43H,1-4H3. The summed E-state index contributed by atoms with van der Waals surface area (Å²) in [5.74, 6) is 0. The summed E-state index contributed by atoms with van der Waals surface area (Å²) in [4.78, 5) is 5.17. The van der Waals surface area contributed by atoms with Crippen LogP contribution in [0.5, 0.6) is 0 Å². The van der Waals surface area contributed by atoms with Crippen LogP contribution in [0.15, 0.2) is 237 Å². The van der Waals surface area contributed by atoms with E-state index in [9.17, 15) is 0 Å². The molecule has 0 fully saturated rings. The fourth-order valence-corrected chi connectivity index (χ4v) is 15.4. The average Bonchev–Trinajstić information content (AvgIpc) is 4.22. The number of benzene rings is 11. The van der Waals surface area contributed by atoms with Gasteiger partial charge in [-0.3, -0.25) is 0 Å². The summed E-state index contributed by atoms with van der Waals surface area (Å²) in [5, 5.41) is 0. The molecule has 17 rings (SSSR count). The van der Waals surface area contributed by atoms with Crippen LogP contribution in [0.25, 0.3) is 44.5 Å². The van der Waals surface area contributed by atoms with E-state index in [0.717, 1.165) is 11.4 Å². The second-order valence-electron chi connectivity index (χ2n) is 23.1. The van der Waals surface area contributed by atoms with E-state index >= 15 is 0 Å². The molecule has 6 aliphatic rings. The molecule has 0 aromatic heterocycles. The average molecular weight is 967 g/mol. The lowest BCUT2D eigenvalue weighted by molar-refractivity contribution is 0.588. The molecule has 2 aliphatic heterocycles. The van der Waals surface area contributed by atoms with Gasteiger partial charge in [0.05, 0.1) is 10.8 Å². The van der Waals surface area contributed by atoms with E-state index in [1.54, 1.807) is 0 Å². The van der Waals surface area contributed by atoms with Crippen molar-refractivity contribution in [2.24, 2.45) is 0 Å². The van der Waals surface area contributed by atoms with Crippen molar-refractivity contribution in [3.05, 3.63) is 292 Å². The Bertz CT molecular complexity index is 4280. The van der Waals surface area contributed by atoms with Gasteiger partial charge in [0.2, 0.25) is 0 Å². The molecule has 2 heterocycles. The molecular weight excluding hydrogens is 916 g/mol. The van der Waals surface area contributed by atoms with Crippen LogP contribution in [0.4, 0.5) is 34.1 Å². The SMILES string of the molecule is Cc1ccc(N2c3cc4c(cc3B3c5cc6c(cc5N(c5ccccc5)c5cccc2c53)-c2ccccc2C62c3ccccc3-c3ccccc32)C2(c3ccccc3-c3ccccc32)c2cc(C(C)(C)C)ccc2-4)cc1. The number of aryl methyl sites for hydroxylation is 1. The Morgan fingerprint density at radius 2 is 0.697 bits per heavy atom. The summed E-state index contributed by atoms with van der Waals surface area (Å²) in [7, 11) is 0. The van der Waals surface area contributed by atoms with E-state index in [1.807, 2.05) is 0 Å². The van der Waals surface area contributed by atoms with Crippen LogP contribution in [0.3, 0.4) is 0 Å². The summed E-state index contributed by atoms with van der Waals surface area (Å²) in [6.07, 6.45) is 0. The van der Waals surface area contributed by atoms with Gasteiger partial charge in [0.1, 0.15) is 0 Å². The minimum absolute atomic E-state index is 0.0454. The lowest BCUT2D eigenvalue weighted by Crippen LogP contribution is -2.61. The Morgan fingerprint density at radius 3 is 1.16 bits per heavy atom. The number of fused-ring (bicyclic) bond motifs is 24. The number of anilines is 6. The Kier molecular flexibility index (Phi) is 8.20. The minimum atomic E-state index is -0.531. The first-order valence-corrected chi connectivity index (χ1v) is 27.1. The van der Waals surface area contributed by atoms with Crippen molar-refractivity contribution in [3.63, 3.8) is 0 Å². The van der Waals surface area contributed by atoms with Gasteiger partial charge in [-0.15, -0.1) is 0 Å². The molecule has 2 spiro atoms. The molecule has 0 amide bonds. The van der Waals surface area contributed by atoms with Crippen LogP contribution < -0.4 is 26.2 Å². The van der Waals surface area contributed by atoms with Gasteiger partial charge in [-0.1, -0.05) is 214 Å². The maximum atomic E-state index is 2.70. The third kappa shape index (κ3) is 5.09. The zero-order valence-corrected chi connectivity index (χ0v) is 43.0. The molecule has 0 atom stereocenters. The van der Waals surface area contributed by atoms with Gasteiger partial charge in [-0.25, -0.2) is 0 Å². The fraction of sp³-hybridized carbons (Fsp3) is 0.0959. The number of hydrogen-bond acceptors (Lipinski definition) is 2. The molecule has 76 heavy (non-hydrogen) atoms. The van der Waals surface area contributed by atoms with E-state index in [-0.39, 0.29) is 12.1 Å². The zero-order chi connectivity index (χ0) is 50.4. The van der Waals surface area contributed by atoms with Crippen molar-refractivity contribution < 1.29 is 0 Å². The van der Waals surface area contributed by atoms with Crippen molar-refractivity contribution in [2.45, 2.75) is 43.9 Å². The first-order valence-electron chi connectivity index (χ1n) is 27.1. The summed E-state index contributed by atoms with van der Waals surface area (Å²) in [5.41, 5.74) is 34.1. The summed E-state index contributed by atoms with van der Waals surface area (Å²) >= 11 is 0. The highest BCUT2D eigenvalue weighted by atomic mass is 15.2. The van der Waals surface area contributed by atoms with Crippen LogP contribution in [-0.4, -0.2) is 6.71 Å². The molecule has 3 heteroatoms. The summed E-state index contributed by atoms with van der Waals surface area (Å²) in [6, 6.07) is 91.6. The highest BCUT2D eigenvalue weighted by Gasteiger charge is 2.56. The van der Waals surface area contributed by atoms with Crippen LogP contribution in [-0.2, 0) is 16.2 Å². The van der Waals surface area contributed by atoms with E-state index in [4.69, 9.17) is 0 Å². The van der Waals surface area contributed by atoms with E-state index in [1.165, 1.54) is 139 Å². The molecule has 2 nitrogen and oxygen atoms in total. The second-order valence-corrected chi connectivity index (χ2v) is 23.1. The van der Waals surface area contributed by atoms with Gasteiger partial charge in [0.25, 0.3) is 6.71 Å². The van der Waals surface area contributed by atoms with E-state index in [0.29, 0.717) is 0 Å². The van der Waals surface area contributed by atoms with Crippen molar-refractivity contribution in [1.82, 2.24) is 0 Å². The molecule has 0 bridgehead atoms. The Balaban J connectivity index is 1.03. The number of nitrogens with zero attached hydrogens (tertiary/aromatic N) is 2. The van der Waals surface area contributed by atoms with Gasteiger partial charge in [0, 0.05) is 34.1 Å². The monoisotopic (exact) mass is 966 g/mol. The van der Waals surface area contributed by atoms with E-state index in [2.05, 4.69) is 274 Å². The number of rotatable bonds is 2. The number of para-hydroxylation sites is 1. The Morgan fingerprint density at radius 1 is 0.316 bits per heavy atom. The molecule has 4 aliphatic carbocycles. The predicted octanol–water partition coefficient (Wildman–Crippen LogP) is 16.1. The topological polar surface area (TPSA) is 6.48 Å². The molecule has 0 N–H and O–H groups in total. The molecule has 356 valence electrons. The van der Waals surface area contributed by atoms with Crippen LogP contribution >= 0.6 is 0 Å². The molecule has 0 radical (unpaired) electrons. The van der Waals surface area contributed by atoms with Crippen LogP contribution in [0, 0.1) is 6.92 Å². The smallest absolute Gasteiger partial charge is 0.252 e. The normalized spacial score (nSPS) is 15.2.